The van der Waals surface area contributed by atoms with Gasteiger partial charge in [-0.2, -0.15) is 0 Å². The largest absolute Gasteiger partial charge is 0.378 e. The summed E-state index contributed by atoms with van der Waals surface area (Å²) in [4.78, 5) is 14.1. The molecule has 0 bridgehead atoms. The second-order valence-corrected chi connectivity index (χ2v) is 5.49. The summed E-state index contributed by atoms with van der Waals surface area (Å²) < 4.78 is 5.87. The Morgan fingerprint density at radius 3 is 2.47 bits per heavy atom. The van der Waals surface area contributed by atoms with Crippen molar-refractivity contribution in [1.29, 1.82) is 0 Å². The van der Waals surface area contributed by atoms with E-state index in [9.17, 15) is 4.79 Å². The van der Waals surface area contributed by atoms with E-state index < -0.39 is 0 Å². The normalized spacial score (nSPS) is 24.9. The molecule has 1 rings (SSSR count). The van der Waals surface area contributed by atoms with Crippen LogP contribution >= 0.6 is 0 Å². The topological polar surface area (TPSA) is 41.6 Å². The maximum Gasteiger partial charge on any atom is 0.223 e. The average Bonchev–Trinajstić information content (AvgIpc) is 2.41. The van der Waals surface area contributed by atoms with Gasteiger partial charge in [-0.3, -0.25) is 4.79 Å². The minimum Gasteiger partial charge on any atom is -0.378 e. The van der Waals surface area contributed by atoms with Crippen LogP contribution < -0.4 is 5.32 Å². The second kappa shape index (κ2) is 7.25. The van der Waals surface area contributed by atoms with E-state index in [1.165, 1.54) is 0 Å². The maximum atomic E-state index is 12.2. The molecular formula is C15H30N2O2. The Balaban J connectivity index is 2.69. The van der Waals surface area contributed by atoms with Gasteiger partial charge in [0.1, 0.15) is 0 Å². The number of rotatable bonds is 8. The second-order valence-electron chi connectivity index (χ2n) is 5.49. The lowest BCUT2D eigenvalue weighted by Gasteiger charge is -2.58. The molecule has 4 nitrogen and oxygen atoms in total. The van der Waals surface area contributed by atoms with E-state index in [0.29, 0.717) is 18.6 Å². The molecule has 1 aliphatic rings. The number of hydrogen-bond acceptors (Lipinski definition) is 3. The van der Waals surface area contributed by atoms with E-state index in [4.69, 9.17) is 4.74 Å². The maximum absolute atomic E-state index is 12.2. The monoisotopic (exact) mass is 270 g/mol. The number of amides is 1. The van der Waals surface area contributed by atoms with Crippen LogP contribution in [0.25, 0.3) is 0 Å². The predicted octanol–water partition coefficient (Wildman–Crippen LogP) is 2.04. The highest BCUT2D eigenvalue weighted by atomic mass is 16.5. The van der Waals surface area contributed by atoms with Crippen molar-refractivity contribution in [2.24, 2.45) is 5.41 Å². The predicted molar refractivity (Wildman–Crippen MR) is 78.1 cm³/mol. The Labute approximate surface area is 117 Å². The van der Waals surface area contributed by atoms with Crippen LogP contribution in [-0.4, -0.2) is 50.2 Å². The molecular weight excluding hydrogens is 240 g/mol. The summed E-state index contributed by atoms with van der Waals surface area (Å²) in [6.07, 6.45) is 4.02. The van der Waals surface area contributed by atoms with Crippen molar-refractivity contribution in [3.05, 3.63) is 0 Å². The van der Waals surface area contributed by atoms with Gasteiger partial charge >= 0.3 is 0 Å². The Kier molecular flexibility index (Phi) is 6.27. The first kappa shape index (κ1) is 16.4. The lowest BCUT2D eigenvalue weighted by Crippen LogP contribution is -2.64. The third-order valence-corrected chi connectivity index (χ3v) is 4.88. The van der Waals surface area contributed by atoms with Crippen LogP contribution in [0.3, 0.4) is 0 Å². The molecule has 112 valence electrons. The van der Waals surface area contributed by atoms with Crippen molar-refractivity contribution >= 4 is 5.91 Å². The van der Waals surface area contributed by atoms with Gasteiger partial charge in [0.05, 0.1) is 6.10 Å². The van der Waals surface area contributed by atoms with Gasteiger partial charge in [-0.25, -0.2) is 0 Å². The van der Waals surface area contributed by atoms with Crippen molar-refractivity contribution in [2.45, 2.75) is 58.6 Å². The first-order valence-electron chi connectivity index (χ1n) is 7.59. The Morgan fingerprint density at radius 1 is 1.37 bits per heavy atom. The average molecular weight is 270 g/mol. The molecule has 0 aromatic rings. The van der Waals surface area contributed by atoms with Gasteiger partial charge in [-0.1, -0.05) is 13.8 Å². The molecule has 1 saturated carbocycles. The highest BCUT2D eigenvalue weighted by Gasteiger charge is 2.55. The molecule has 2 atom stereocenters. The Bertz CT molecular complexity index is 290. The van der Waals surface area contributed by atoms with E-state index in [0.717, 1.165) is 32.4 Å². The van der Waals surface area contributed by atoms with Gasteiger partial charge in [-0.15, -0.1) is 0 Å². The fourth-order valence-corrected chi connectivity index (χ4v) is 3.46. The van der Waals surface area contributed by atoms with Crippen LogP contribution in [0.4, 0.5) is 0 Å². The molecule has 4 heteroatoms. The third kappa shape index (κ3) is 3.11. The minimum atomic E-state index is 0.153. The summed E-state index contributed by atoms with van der Waals surface area (Å²) in [5.74, 6) is 0.237. The summed E-state index contributed by atoms with van der Waals surface area (Å²) >= 11 is 0. The highest BCUT2D eigenvalue weighted by molar-refractivity contribution is 5.76. The number of ether oxygens (including phenoxy) is 1. The molecule has 0 radical (unpaired) electrons. The van der Waals surface area contributed by atoms with Crippen LogP contribution in [0.5, 0.6) is 0 Å². The quantitative estimate of drug-likeness (QED) is 0.734. The van der Waals surface area contributed by atoms with E-state index >= 15 is 0 Å². The van der Waals surface area contributed by atoms with E-state index in [2.05, 4.69) is 19.2 Å². The molecule has 0 aromatic carbocycles. The number of nitrogens with zero attached hydrogens (tertiary/aromatic N) is 1. The van der Waals surface area contributed by atoms with Crippen molar-refractivity contribution in [1.82, 2.24) is 10.2 Å². The summed E-state index contributed by atoms with van der Waals surface area (Å²) in [5.41, 5.74) is 0.153. The molecule has 1 aliphatic carbocycles. The summed E-state index contributed by atoms with van der Waals surface area (Å²) in [5, 5.41) is 3.03. The molecule has 1 N–H and O–H groups in total. The number of carbonyl (C=O) groups is 1. The first-order chi connectivity index (χ1) is 9.07. The molecule has 0 saturated heterocycles. The fourth-order valence-electron chi connectivity index (χ4n) is 3.46. The first-order valence-corrected chi connectivity index (χ1v) is 7.59. The molecule has 0 aromatic heterocycles. The smallest absolute Gasteiger partial charge is 0.223 e. The SMILES string of the molecule is CCOC1CC(N(C)C(=O)CCNC)C1(CC)CC. The molecule has 19 heavy (non-hydrogen) atoms. The molecule has 0 aliphatic heterocycles. The van der Waals surface area contributed by atoms with Crippen LogP contribution in [0, 0.1) is 5.41 Å². The standard InChI is InChI=1S/C15H30N2O2/c1-6-15(7-2)12(11-13(15)19-8-3)17(5)14(18)9-10-16-4/h12-13,16H,6-11H2,1-5H3. The van der Waals surface area contributed by atoms with Gasteiger partial charge in [-0.05, 0) is 33.2 Å². The minimum absolute atomic E-state index is 0.153. The van der Waals surface area contributed by atoms with Gasteiger partial charge in [0, 0.05) is 38.1 Å². The van der Waals surface area contributed by atoms with Crippen LogP contribution in [-0.2, 0) is 9.53 Å². The van der Waals surface area contributed by atoms with Crippen molar-refractivity contribution in [3.63, 3.8) is 0 Å². The molecule has 2 unspecified atom stereocenters. The van der Waals surface area contributed by atoms with Gasteiger partial charge in [0.15, 0.2) is 0 Å². The molecule has 1 amide bonds. The number of nitrogens with one attached hydrogen (secondary N) is 1. The fraction of sp³-hybridized carbons (Fsp3) is 0.933. The van der Waals surface area contributed by atoms with Gasteiger partial charge < -0.3 is 15.0 Å². The lowest BCUT2D eigenvalue weighted by atomic mass is 9.58. The zero-order valence-electron chi connectivity index (χ0n) is 13.2. The molecule has 0 spiro atoms. The Morgan fingerprint density at radius 2 is 2.00 bits per heavy atom. The third-order valence-electron chi connectivity index (χ3n) is 4.88. The Hall–Kier alpha value is -0.610. The van der Waals surface area contributed by atoms with Crippen molar-refractivity contribution in [2.75, 3.05) is 27.2 Å². The number of hydrogen-bond donors (Lipinski definition) is 1. The summed E-state index contributed by atoms with van der Waals surface area (Å²) in [6.45, 7) is 7.99. The van der Waals surface area contributed by atoms with Crippen molar-refractivity contribution in [3.8, 4) is 0 Å². The van der Waals surface area contributed by atoms with E-state index in [-0.39, 0.29) is 11.3 Å². The van der Waals surface area contributed by atoms with E-state index in [1.54, 1.807) is 0 Å². The van der Waals surface area contributed by atoms with Gasteiger partial charge in [0.2, 0.25) is 5.91 Å². The van der Waals surface area contributed by atoms with Crippen LogP contribution in [0.2, 0.25) is 0 Å². The number of carbonyl (C=O) groups excluding carboxylic acids is 1. The lowest BCUT2D eigenvalue weighted by molar-refractivity contribution is -0.176. The van der Waals surface area contributed by atoms with E-state index in [1.807, 2.05) is 25.9 Å². The molecule has 1 fully saturated rings. The van der Waals surface area contributed by atoms with Crippen molar-refractivity contribution < 1.29 is 9.53 Å². The highest BCUT2D eigenvalue weighted by Crippen LogP contribution is 2.51. The summed E-state index contributed by atoms with van der Waals surface area (Å²) in [7, 11) is 3.83. The zero-order chi connectivity index (χ0) is 14.5. The molecule has 0 heterocycles. The van der Waals surface area contributed by atoms with Gasteiger partial charge in [0.25, 0.3) is 0 Å². The van der Waals surface area contributed by atoms with Crippen LogP contribution in [0.1, 0.15) is 46.5 Å². The van der Waals surface area contributed by atoms with Crippen LogP contribution in [0.15, 0.2) is 0 Å². The zero-order valence-corrected chi connectivity index (χ0v) is 13.2. The summed E-state index contributed by atoms with van der Waals surface area (Å²) in [6, 6.07) is 0.336.